The maximum atomic E-state index is 13.2. The molecule has 0 amide bonds. The minimum atomic E-state index is -0.201. The van der Waals surface area contributed by atoms with Crippen LogP contribution < -0.4 is 4.90 Å². The highest BCUT2D eigenvalue weighted by molar-refractivity contribution is 5.45. The van der Waals surface area contributed by atoms with Crippen LogP contribution in [0.15, 0.2) is 12.3 Å². The number of nitrogens with zero attached hydrogens (tertiary/aromatic N) is 2. The fraction of sp³-hybridized carbons (Fsp3) is 0.545. The van der Waals surface area contributed by atoms with Crippen LogP contribution in [0.4, 0.5) is 10.1 Å². The van der Waals surface area contributed by atoms with E-state index in [1.54, 1.807) is 19.2 Å². The van der Waals surface area contributed by atoms with Crippen molar-refractivity contribution < 1.29 is 4.39 Å². The number of aryl methyl sites for hydroxylation is 1. The smallest absolute Gasteiger partial charge is 0.146 e. The fourth-order valence-corrected chi connectivity index (χ4v) is 1.82. The second-order valence-electron chi connectivity index (χ2n) is 3.81. The minimum Gasteiger partial charge on any atom is -0.370 e. The summed E-state index contributed by atoms with van der Waals surface area (Å²) in [4.78, 5) is 6.24. The third-order valence-electron chi connectivity index (χ3n) is 2.73. The van der Waals surface area contributed by atoms with Crippen molar-refractivity contribution in [1.82, 2.24) is 4.98 Å². The first-order valence-corrected chi connectivity index (χ1v) is 5.14. The molecule has 2 rings (SSSR count). The summed E-state index contributed by atoms with van der Waals surface area (Å²) < 4.78 is 13.2. The molecule has 1 saturated heterocycles. The average molecular weight is 194 g/mol. The van der Waals surface area contributed by atoms with Crippen molar-refractivity contribution in [3.8, 4) is 0 Å². The zero-order valence-electron chi connectivity index (χ0n) is 8.46. The molecule has 2 nitrogen and oxygen atoms in total. The molecule has 1 aliphatic heterocycles. The van der Waals surface area contributed by atoms with E-state index in [0.29, 0.717) is 5.69 Å². The number of anilines is 1. The molecule has 1 aromatic rings. The highest BCUT2D eigenvalue weighted by Gasteiger charge is 2.12. The molecule has 3 heteroatoms. The van der Waals surface area contributed by atoms with Crippen molar-refractivity contribution in [3.63, 3.8) is 0 Å². The number of halogens is 1. The summed E-state index contributed by atoms with van der Waals surface area (Å²) in [7, 11) is 0. The molecule has 0 aromatic carbocycles. The molecule has 1 aliphatic rings. The molecule has 0 N–H and O–H groups in total. The van der Waals surface area contributed by atoms with Crippen LogP contribution in [-0.2, 0) is 0 Å². The molecule has 0 aliphatic carbocycles. The van der Waals surface area contributed by atoms with Gasteiger partial charge in [0, 0.05) is 19.2 Å². The molecule has 0 saturated carbocycles. The van der Waals surface area contributed by atoms with Gasteiger partial charge in [0.05, 0.1) is 17.6 Å². The number of aromatic nitrogens is 1. The number of pyridine rings is 1. The highest BCUT2D eigenvalue weighted by Crippen LogP contribution is 2.20. The Hall–Kier alpha value is -1.12. The second kappa shape index (κ2) is 3.95. The van der Waals surface area contributed by atoms with Gasteiger partial charge in [-0.05, 0) is 26.2 Å². The molecule has 0 spiro atoms. The Morgan fingerprint density at radius 2 is 2.00 bits per heavy atom. The Labute approximate surface area is 83.8 Å². The first kappa shape index (κ1) is 9.44. The van der Waals surface area contributed by atoms with Crippen molar-refractivity contribution >= 4 is 5.69 Å². The van der Waals surface area contributed by atoms with E-state index in [9.17, 15) is 4.39 Å². The predicted octanol–water partition coefficient (Wildman–Crippen LogP) is 2.52. The van der Waals surface area contributed by atoms with E-state index in [1.807, 2.05) is 0 Å². The maximum absolute atomic E-state index is 13.2. The summed E-state index contributed by atoms with van der Waals surface area (Å²) >= 11 is 0. The van der Waals surface area contributed by atoms with Gasteiger partial charge in [-0.2, -0.15) is 0 Å². The summed E-state index contributed by atoms with van der Waals surface area (Å²) in [5.41, 5.74) is 1.40. The lowest BCUT2D eigenvalue weighted by molar-refractivity contribution is 0.570. The van der Waals surface area contributed by atoms with Crippen LogP contribution in [0.25, 0.3) is 0 Å². The van der Waals surface area contributed by atoms with Crippen molar-refractivity contribution in [1.29, 1.82) is 0 Å². The normalized spacial score (nSPS) is 17.1. The molecular formula is C11H15FN2. The fourth-order valence-electron chi connectivity index (χ4n) is 1.82. The maximum Gasteiger partial charge on any atom is 0.146 e. The van der Waals surface area contributed by atoms with Gasteiger partial charge in [-0.3, -0.25) is 4.98 Å². The summed E-state index contributed by atoms with van der Waals surface area (Å²) in [6.07, 6.45) is 5.47. The lowest BCUT2D eigenvalue weighted by atomic mass is 10.1. The zero-order chi connectivity index (χ0) is 9.97. The van der Waals surface area contributed by atoms with Gasteiger partial charge < -0.3 is 4.90 Å². The number of hydrogen-bond donors (Lipinski definition) is 0. The molecule has 2 heterocycles. The van der Waals surface area contributed by atoms with Gasteiger partial charge in [0.1, 0.15) is 5.82 Å². The van der Waals surface area contributed by atoms with Crippen LogP contribution >= 0.6 is 0 Å². The summed E-state index contributed by atoms with van der Waals surface area (Å²) in [5, 5.41) is 0. The van der Waals surface area contributed by atoms with Crippen molar-refractivity contribution in [2.45, 2.75) is 26.2 Å². The van der Waals surface area contributed by atoms with Gasteiger partial charge in [-0.1, -0.05) is 0 Å². The molecule has 14 heavy (non-hydrogen) atoms. The SMILES string of the molecule is Cc1ncc(N2CCCCC2)cc1F. The first-order valence-electron chi connectivity index (χ1n) is 5.14. The largest absolute Gasteiger partial charge is 0.370 e. The predicted molar refractivity (Wildman–Crippen MR) is 55.0 cm³/mol. The van der Waals surface area contributed by atoms with Crippen LogP contribution in [0.1, 0.15) is 25.0 Å². The van der Waals surface area contributed by atoms with Crippen molar-refractivity contribution in [2.75, 3.05) is 18.0 Å². The lowest BCUT2D eigenvalue weighted by Gasteiger charge is -2.28. The van der Waals surface area contributed by atoms with Gasteiger partial charge in [-0.25, -0.2) is 4.39 Å². The number of rotatable bonds is 1. The van der Waals surface area contributed by atoms with E-state index in [1.165, 1.54) is 19.3 Å². The van der Waals surface area contributed by atoms with E-state index in [0.717, 1.165) is 18.8 Å². The van der Waals surface area contributed by atoms with Gasteiger partial charge in [0.2, 0.25) is 0 Å². The summed E-state index contributed by atoms with van der Waals surface area (Å²) in [6, 6.07) is 1.59. The van der Waals surface area contributed by atoms with E-state index in [2.05, 4.69) is 9.88 Å². The summed E-state index contributed by atoms with van der Waals surface area (Å²) in [5.74, 6) is -0.201. The van der Waals surface area contributed by atoms with Crippen LogP contribution in [0.5, 0.6) is 0 Å². The second-order valence-corrected chi connectivity index (χ2v) is 3.81. The Kier molecular flexibility index (Phi) is 2.66. The third-order valence-corrected chi connectivity index (χ3v) is 2.73. The van der Waals surface area contributed by atoms with Gasteiger partial charge in [0.15, 0.2) is 0 Å². The Bertz CT molecular complexity index is 319. The Morgan fingerprint density at radius 3 is 2.64 bits per heavy atom. The molecule has 1 fully saturated rings. The van der Waals surface area contributed by atoms with Gasteiger partial charge in [-0.15, -0.1) is 0 Å². The number of hydrogen-bond acceptors (Lipinski definition) is 2. The molecule has 0 atom stereocenters. The Balaban J connectivity index is 2.18. The molecule has 0 bridgehead atoms. The van der Waals surface area contributed by atoms with Crippen LogP contribution in [0, 0.1) is 12.7 Å². The quantitative estimate of drug-likeness (QED) is 0.683. The topological polar surface area (TPSA) is 16.1 Å². The minimum absolute atomic E-state index is 0.201. The number of piperidine rings is 1. The van der Waals surface area contributed by atoms with Crippen LogP contribution in [-0.4, -0.2) is 18.1 Å². The average Bonchev–Trinajstić information content (AvgIpc) is 2.23. The van der Waals surface area contributed by atoms with Crippen LogP contribution in [0.2, 0.25) is 0 Å². The molecular weight excluding hydrogens is 179 g/mol. The standard InChI is InChI=1S/C11H15FN2/c1-9-11(12)7-10(8-13-9)14-5-3-2-4-6-14/h7-8H,2-6H2,1H3. The molecule has 0 radical (unpaired) electrons. The van der Waals surface area contributed by atoms with Gasteiger partial charge in [0.25, 0.3) is 0 Å². The van der Waals surface area contributed by atoms with E-state index in [-0.39, 0.29) is 5.82 Å². The lowest BCUT2D eigenvalue weighted by Crippen LogP contribution is -2.29. The van der Waals surface area contributed by atoms with E-state index >= 15 is 0 Å². The van der Waals surface area contributed by atoms with Crippen molar-refractivity contribution in [2.24, 2.45) is 0 Å². The van der Waals surface area contributed by atoms with Crippen molar-refractivity contribution in [3.05, 3.63) is 23.8 Å². The molecule has 1 aromatic heterocycles. The molecule has 0 unspecified atom stereocenters. The highest BCUT2D eigenvalue weighted by atomic mass is 19.1. The Morgan fingerprint density at radius 1 is 1.29 bits per heavy atom. The third kappa shape index (κ3) is 1.86. The van der Waals surface area contributed by atoms with E-state index in [4.69, 9.17) is 0 Å². The monoisotopic (exact) mass is 194 g/mol. The van der Waals surface area contributed by atoms with Gasteiger partial charge >= 0.3 is 0 Å². The zero-order valence-corrected chi connectivity index (χ0v) is 8.46. The molecule has 76 valence electrons. The first-order chi connectivity index (χ1) is 6.77. The van der Waals surface area contributed by atoms with Crippen LogP contribution in [0.3, 0.4) is 0 Å². The van der Waals surface area contributed by atoms with E-state index < -0.39 is 0 Å². The summed E-state index contributed by atoms with van der Waals surface area (Å²) in [6.45, 7) is 3.75.